The van der Waals surface area contributed by atoms with E-state index in [2.05, 4.69) is 4.90 Å². The largest absolute Gasteiger partial charge is 0.340 e. The van der Waals surface area contributed by atoms with Gasteiger partial charge in [-0.1, -0.05) is 12.8 Å². The summed E-state index contributed by atoms with van der Waals surface area (Å²) in [6.45, 7) is 1.03. The minimum atomic E-state index is 0.421. The second-order valence-corrected chi connectivity index (χ2v) is 4.34. The summed E-state index contributed by atoms with van der Waals surface area (Å²) in [4.78, 5) is 13.9. The van der Waals surface area contributed by atoms with Gasteiger partial charge in [-0.3, -0.25) is 4.79 Å². The van der Waals surface area contributed by atoms with Gasteiger partial charge < -0.3 is 4.90 Å². The highest BCUT2D eigenvalue weighted by Crippen LogP contribution is 2.25. The van der Waals surface area contributed by atoms with Gasteiger partial charge in [0.2, 0.25) is 5.91 Å². The van der Waals surface area contributed by atoms with Crippen molar-refractivity contribution < 1.29 is 4.79 Å². The molecule has 2 aliphatic rings. The molecule has 0 bridgehead atoms. The predicted octanol–water partition coefficient (Wildman–Crippen LogP) is 2.33. The molecule has 1 atom stereocenters. The fraction of sp³-hybridized carbons (Fsp3) is 0.909. The maximum atomic E-state index is 11.7. The summed E-state index contributed by atoms with van der Waals surface area (Å²) in [6.07, 6.45) is 9.57. The molecule has 2 saturated heterocycles. The SMILES string of the molecule is O=C1CCCCCC2CCCCN12. The summed E-state index contributed by atoms with van der Waals surface area (Å²) in [5.74, 6) is 0.421. The second-order valence-electron chi connectivity index (χ2n) is 4.34. The third kappa shape index (κ3) is 2.04. The Morgan fingerprint density at radius 3 is 2.62 bits per heavy atom. The monoisotopic (exact) mass is 181 g/mol. The van der Waals surface area contributed by atoms with E-state index in [0.29, 0.717) is 11.9 Å². The molecule has 2 nitrogen and oxygen atoms in total. The van der Waals surface area contributed by atoms with E-state index in [4.69, 9.17) is 0 Å². The van der Waals surface area contributed by atoms with Crippen LogP contribution in [-0.2, 0) is 4.79 Å². The number of rotatable bonds is 0. The number of fused-ring (bicyclic) bond motifs is 1. The number of nitrogens with zero attached hydrogens (tertiary/aromatic N) is 1. The average molecular weight is 181 g/mol. The fourth-order valence-electron chi connectivity index (χ4n) is 2.61. The first-order valence-electron chi connectivity index (χ1n) is 5.67. The molecule has 0 spiro atoms. The number of piperidine rings is 1. The van der Waals surface area contributed by atoms with E-state index in [0.717, 1.165) is 19.4 Å². The van der Waals surface area contributed by atoms with E-state index < -0.39 is 0 Å². The van der Waals surface area contributed by atoms with E-state index >= 15 is 0 Å². The van der Waals surface area contributed by atoms with Crippen molar-refractivity contribution in [2.24, 2.45) is 0 Å². The Morgan fingerprint density at radius 1 is 1.00 bits per heavy atom. The van der Waals surface area contributed by atoms with Crippen LogP contribution in [0.25, 0.3) is 0 Å². The predicted molar refractivity (Wildman–Crippen MR) is 52.4 cm³/mol. The van der Waals surface area contributed by atoms with Gasteiger partial charge in [-0.25, -0.2) is 0 Å². The maximum Gasteiger partial charge on any atom is 0.222 e. The lowest BCUT2D eigenvalue weighted by Gasteiger charge is -2.37. The summed E-state index contributed by atoms with van der Waals surface area (Å²) in [6, 6.07) is 0.599. The van der Waals surface area contributed by atoms with Crippen molar-refractivity contribution in [1.29, 1.82) is 0 Å². The highest BCUT2D eigenvalue weighted by molar-refractivity contribution is 5.76. The minimum absolute atomic E-state index is 0.421. The van der Waals surface area contributed by atoms with Gasteiger partial charge in [-0.05, 0) is 32.1 Å². The molecule has 1 unspecified atom stereocenters. The molecule has 2 heteroatoms. The van der Waals surface area contributed by atoms with E-state index in [1.54, 1.807) is 0 Å². The lowest BCUT2D eigenvalue weighted by atomic mass is 9.94. The Kier molecular flexibility index (Phi) is 2.87. The highest BCUT2D eigenvalue weighted by atomic mass is 16.2. The number of hydrogen-bond acceptors (Lipinski definition) is 1. The van der Waals surface area contributed by atoms with Gasteiger partial charge in [0.15, 0.2) is 0 Å². The van der Waals surface area contributed by atoms with Crippen molar-refractivity contribution in [2.75, 3.05) is 6.54 Å². The van der Waals surface area contributed by atoms with E-state index in [-0.39, 0.29) is 0 Å². The van der Waals surface area contributed by atoms with Crippen LogP contribution >= 0.6 is 0 Å². The minimum Gasteiger partial charge on any atom is -0.340 e. The maximum absolute atomic E-state index is 11.7. The first-order valence-corrected chi connectivity index (χ1v) is 5.67. The van der Waals surface area contributed by atoms with Gasteiger partial charge in [0.05, 0.1) is 0 Å². The van der Waals surface area contributed by atoms with Gasteiger partial charge in [0.1, 0.15) is 0 Å². The lowest BCUT2D eigenvalue weighted by molar-refractivity contribution is -0.135. The number of hydrogen-bond donors (Lipinski definition) is 0. The summed E-state index contributed by atoms with van der Waals surface area (Å²) in [7, 11) is 0. The Morgan fingerprint density at radius 2 is 1.77 bits per heavy atom. The highest BCUT2D eigenvalue weighted by Gasteiger charge is 2.26. The Balaban J connectivity index is 2.02. The summed E-state index contributed by atoms with van der Waals surface area (Å²) in [5, 5.41) is 0. The first kappa shape index (κ1) is 9.04. The van der Waals surface area contributed by atoms with Gasteiger partial charge in [0, 0.05) is 19.0 Å². The van der Waals surface area contributed by atoms with Gasteiger partial charge in [-0.15, -0.1) is 0 Å². The van der Waals surface area contributed by atoms with Crippen LogP contribution < -0.4 is 0 Å². The number of amides is 1. The molecule has 0 aromatic rings. The van der Waals surface area contributed by atoms with Crippen LogP contribution in [0.2, 0.25) is 0 Å². The molecule has 2 fully saturated rings. The zero-order valence-corrected chi connectivity index (χ0v) is 8.30. The van der Waals surface area contributed by atoms with E-state index in [1.165, 1.54) is 38.5 Å². The third-order valence-corrected chi connectivity index (χ3v) is 3.38. The van der Waals surface area contributed by atoms with Crippen LogP contribution in [-0.4, -0.2) is 23.4 Å². The van der Waals surface area contributed by atoms with E-state index in [9.17, 15) is 4.79 Å². The Hall–Kier alpha value is -0.530. The summed E-state index contributed by atoms with van der Waals surface area (Å²) < 4.78 is 0. The molecule has 0 N–H and O–H groups in total. The van der Waals surface area contributed by atoms with Crippen LogP contribution in [0.15, 0.2) is 0 Å². The van der Waals surface area contributed by atoms with Crippen LogP contribution in [0.3, 0.4) is 0 Å². The van der Waals surface area contributed by atoms with Crippen LogP contribution in [0, 0.1) is 0 Å². The Labute approximate surface area is 80.3 Å². The topological polar surface area (TPSA) is 20.3 Å². The average Bonchev–Trinajstić information content (AvgIpc) is 2.14. The summed E-state index contributed by atoms with van der Waals surface area (Å²) in [5.41, 5.74) is 0. The quantitative estimate of drug-likeness (QED) is 0.561. The smallest absolute Gasteiger partial charge is 0.222 e. The molecule has 1 amide bonds. The third-order valence-electron chi connectivity index (χ3n) is 3.38. The molecule has 0 aromatic heterocycles. The normalized spacial score (nSPS) is 30.6. The van der Waals surface area contributed by atoms with Crippen molar-refractivity contribution in [2.45, 2.75) is 57.4 Å². The van der Waals surface area contributed by atoms with Crippen molar-refractivity contribution in [3.8, 4) is 0 Å². The molecule has 2 rings (SSSR count). The fourth-order valence-corrected chi connectivity index (χ4v) is 2.61. The van der Waals surface area contributed by atoms with Gasteiger partial charge >= 0.3 is 0 Å². The van der Waals surface area contributed by atoms with Crippen molar-refractivity contribution in [1.82, 2.24) is 4.90 Å². The van der Waals surface area contributed by atoms with Crippen molar-refractivity contribution >= 4 is 5.91 Å². The molecule has 0 radical (unpaired) electrons. The Bertz CT molecular complexity index is 191. The molecule has 2 aliphatic heterocycles. The van der Waals surface area contributed by atoms with Crippen LogP contribution in [0.4, 0.5) is 0 Å². The molecule has 13 heavy (non-hydrogen) atoms. The second kappa shape index (κ2) is 4.12. The molecular weight excluding hydrogens is 162 g/mol. The number of carbonyl (C=O) groups is 1. The molecule has 0 aliphatic carbocycles. The number of carbonyl (C=O) groups excluding carboxylic acids is 1. The zero-order valence-electron chi connectivity index (χ0n) is 8.30. The first-order chi connectivity index (χ1) is 6.38. The van der Waals surface area contributed by atoms with Gasteiger partial charge in [0.25, 0.3) is 0 Å². The molecule has 0 aromatic carbocycles. The van der Waals surface area contributed by atoms with Crippen LogP contribution in [0.5, 0.6) is 0 Å². The van der Waals surface area contributed by atoms with Crippen molar-refractivity contribution in [3.63, 3.8) is 0 Å². The standard InChI is InChI=1S/C11H19NO/c13-11-8-3-1-2-6-10-7-4-5-9-12(10)11/h10H,1-9H2. The molecule has 0 saturated carbocycles. The lowest BCUT2D eigenvalue weighted by Crippen LogP contribution is -2.44. The molecular formula is C11H19NO. The molecule has 2 heterocycles. The zero-order chi connectivity index (χ0) is 9.10. The summed E-state index contributed by atoms with van der Waals surface area (Å²) >= 11 is 0. The van der Waals surface area contributed by atoms with E-state index in [1.807, 2.05) is 0 Å². The van der Waals surface area contributed by atoms with Crippen LogP contribution in [0.1, 0.15) is 51.4 Å². The molecule has 74 valence electrons. The van der Waals surface area contributed by atoms with Gasteiger partial charge in [-0.2, -0.15) is 0 Å². The van der Waals surface area contributed by atoms with Crippen molar-refractivity contribution in [3.05, 3.63) is 0 Å².